The molecule has 104 valence electrons. The van der Waals surface area contributed by atoms with Gasteiger partial charge in [0.05, 0.1) is 4.92 Å². The van der Waals surface area contributed by atoms with Crippen LogP contribution in [0.25, 0.3) is 0 Å². The first kappa shape index (κ1) is 13.6. The standard InChI is InChI=1S/C14H21N3O2/c1-15-12-9-13(11-14(10-12)17(18)19)16-7-5-3-2-4-6-8-16/h9-11,15H,2-8H2,1H3. The highest BCUT2D eigenvalue weighted by molar-refractivity contribution is 5.64. The number of benzene rings is 1. The molecular formula is C14H21N3O2. The molecule has 1 N–H and O–H groups in total. The SMILES string of the molecule is CNc1cc(N2CCCCCCC2)cc([N+](=O)[O-])c1. The van der Waals surface area contributed by atoms with Gasteiger partial charge < -0.3 is 10.2 Å². The van der Waals surface area contributed by atoms with Gasteiger partial charge >= 0.3 is 0 Å². The second kappa shape index (κ2) is 6.41. The van der Waals surface area contributed by atoms with Crippen molar-refractivity contribution in [2.45, 2.75) is 32.1 Å². The molecule has 1 aliphatic heterocycles. The number of anilines is 2. The number of rotatable bonds is 3. The highest BCUT2D eigenvalue weighted by Crippen LogP contribution is 2.28. The summed E-state index contributed by atoms with van der Waals surface area (Å²) < 4.78 is 0. The Kier molecular flexibility index (Phi) is 4.60. The lowest BCUT2D eigenvalue weighted by atomic mass is 10.1. The Hall–Kier alpha value is -1.78. The Morgan fingerprint density at radius 1 is 1.11 bits per heavy atom. The van der Waals surface area contributed by atoms with Crippen molar-refractivity contribution >= 4 is 17.1 Å². The Labute approximate surface area is 113 Å². The molecule has 0 amide bonds. The van der Waals surface area contributed by atoms with E-state index in [1.807, 2.05) is 6.07 Å². The molecule has 5 nitrogen and oxygen atoms in total. The van der Waals surface area contributed by atoms with E-state index in [0.29, 0.717) is 0 Å². The maximum Gasteiger partial charge on any atom is 0.273 e. The Morgan fingerprint density at radius 2 is 1.74 bits per heavy atom. The third-order valence-corrected chi connectivity index (χ3v) is 3.62. The highest BCUT2D eigenvalue weighted by Gasteiger charge is 2.14. The third-order valence-electron chi connectivity index (χ3n) is 3.62. The lowest BCUT2D eigenvalue weighted by Gasteiger charge is -2.27. The van der Waals surface area contributed by atoms with Crippen molar-refractivity contribution in [3.8, 4) is 0 Å². The molecule has 0 aromatic heterocycles. The molecule has 0 radical (unpaired) electrons. The zero-order chi connectivity index (χ0) is 13.7. The lowest BCUT2D eigenvalue weighted by molar-refractivity contribution is -0.384. The molecule has 0 atom stereocenters. The number of non-ortho nitro benzene ring substituents is 1. The molecule has 1 aromatic rings. The summed E-state index contributed by atoms with van der Waals surface area (Å²) in [7, 11) is 1.79. The number of nitrogens with zero attached hydrogens (tertiary/aromatic N) is 2. The van der Waals surface area contributed by atoms with Crippen LogP contribution in [0.3, 0.4) is 0 Å². The van der Waals surface area contributed by atoms with Gasteiger partial charge in [0.1, 0.15) is 0 Å². The maximum absolute atomic E-state index is 11.0. The number of hydrogen-bond donors (Lipinski definition) is 1. The second-order valence-corrected chi connectivity index (χ2v) is 5.00. The maximum atomic E-state index is 11.0. The van der Waals surface area contributed by atoms with Crippen LogP contribution in [-0.2, 0) is 0 Å². The van der Waals surface area contributed by atoms with E-state index >= 15 is 0 Å². The van der Waals surface area contributed by atoms with E-state index in [1.165, 1.54) is 19.3 Å². The van der Waals surface area contributed by atoms with Crippen molar-refractivity contribution in [2.24, 2.45) is 0 Å². The van der Waals surface area contributed by atoms with E-state index in [4.69, 9.17) is 0 Å². The van der Waals surface area contributed by atoms with Crippen molar-refractivity contribution in [3.05, 3.63) is 28.3 Å². The van der Waals surface area contributed by atoms with Gasteiger partial charge in [-0.2, -0.15) is 0 Å². The molecule has 5 heteroatoms. The average molecular weight is 263 g/mol. The van der Waals surface area contributed by atoms with Gasteiger partial charge in [-0.1, -0.05) is 19.3 Å². The fourth-order valence-corrected chi connectivity index (χ4v) is 2.53. The summed E-state index contributed by atoms with van der Waals surface area (Å²) in [6.07, 6.45) is 6.15. The van der Waals surface area contributed by atoms with Crippen molar-refractivity contribution in [1.82, 2.24) is 0 Å². The van der Waals surface area contributed by atoms with Gasteiger partial charge in [0.2, 0.25) is 0 Å². The molecule has 0 bridgehead atoms. The third kappa shape index (κ3) is 3.59. The van der Waals surface area contributed by atoms with Gasteiger partial charge in [0.15, 0.2) is 0 Å². The highest BCUT2D eigenvalue weighted by atomic mass is 16.6. The molecule has 1 aromatic carbocycles. The van der Waals surface area contributed by atoms with Crippen LogP contribution in [-0.4, -0.2) is 25.1 Å². The average Bonchev–Trinajstić information content (AvgIpc) is 2.37. The number of hydrogen-bond acceptors (Lipinski definition) is 4. The lowest BCUT2D eigenvalue weighted by Crippen LogP contribution is -2.27. The Bertz CT molecular complexity index is 440. The number of nitrogens with one attached hydrogen (secondary N) is 1. The van der Waals surface area contributed by atoms with Gasteiger partial charge in [-0.25, -0.2) is 0 Å². The van der Waals surface area contributed by atoms with Crippen LogP contribution in [0.4, 0.5) is 17.1 Å². The summed E-state index contributed by atoms with van der Waals surface area (Å²) >= 11 is 0. The van der Waals surface area contributed by atoms with Crippen LogP contribution in [0.5, 0.6) is 0 Å². The first-order valence-corrected chi connectivity index (χ1v) is 6.93. The summed E-state index contributed by atoms with van der Waals surface area (Å²) in [5.41, 5.74) is 1.91. The van der Waals surface area contributed by atoms with Crippen LogP contribution in [0, 0.1) is 10.1 Å². The zero-order valence-electron chi connectivity index (χ0n) is 11.4. The topological polar surface area (TPSA) is 58.4 Å². The van der Waals surface area contributed by atoms with E-state index in [0.717, 1.165) is 37.3 Å². The van der Waals surface area contributed by atoms with Crippen LogP contribution >= 0.6 is 0 Å². The minimum Gasteiger partial charge on any atom is -0.388 e. The number of nitro benzene ring substituents is 1. The first-order valence-electron chi connectivity index (χ1n) is 6.93. The minimum atomic E-state index is -0.325. The summed E-state index contributed by atoms with van der Waals surface area (Å²) in [6, 6.07) is 5.25. The molecule has 0 aliphatic carbocycles. The van der Waals surface area contributed by atoms with Crippen LogP contribution in [0.2, 0.25) is 0 Å². The summed E-state index contributed by atoms with van der Waals surface area (Å²) in [5, 5.41) is 14.0. The van der Waals surface area contributed by atoms with Crippen molar-refractivity contribution < 1.29 is 4.92 Å². The van der Waals surface area contributed by atoms with Gasteiger partial charge in [-0.3, -0.25) is 10.1 Å². The van der Waals surface area contributed by atoms with E-state index in [9.17, 15) is 10.1 Å². The molecule has 2 rings (SSSR count). The van der Waals surface area contributed by atoms with E-state index in [-0.39, 0.29) is 10.6 Å². The fraction of sp³-hybridized carbons (Fsp3) is 0.571. The molecule has 0 unspecified atom stereocenters. The van der Waals surface area contributed by atoms with Crippen molar-refractivity contribution in [3.63, 3.8) is 0 Å². The smallest absolute Gasteiger partial charge is 0.273 e. The predicted octanol–water partition coefficient (Wildman–Crippen LogP) is 3.41. The molecule has 1 heterocycles. The van der Waals surface area contributed by atoms with E-state index < -0.39 is 0 Å². The predicted molar refractivity (Wildman–Crippen MR) is 77.9 cm³/mol. The first-order chi connectivity index (χ1) is 9.20. The van der Waals surface area contributed by atoms with Crippen molar-refractivity contribution in [2.75, 3.05) is 30.4 Å². The zero-order valence-corrected chi connectivity index (χ0v) is 11.4. The monoisotopic (exact) mass is 263 g/mol. The van der Waals surface area contributed by atoms with Crippen molar-refractivity contribution in [1.29, 1.82) is 0 Å². The number of nitro groups is 1. The van der Waals surface area contributed by atoms with Gasteiger partial charge in [-0.15, -0.1) is 0 Å². The normalized spacial score (nSPS) is 16.6. The molecule has 19 heavy (non-hydrogen) atoms. The summed E-state index contributed by atoms with van der Waals surface area (Å²) in [5.74, 6) is 0. The van der Waals surface area contributed by atoms with Gasteiger partial charge in [-0.05, 0) is 18.9 Å². The van der Waals surface area contributed by atoms with E-state index in [1.54, 1.807) is 19.2 Å². The molecule has 0 saturated carbocycles. The molecule has 1 fully saturated rings. The van der Waals surface area contributed by atoms with E-state index in [2.05, 4.69) is 10.2 Å². The molecule has 1 saturated heterocycles. The van der Waals surface area contributed by atoms with Crippen LogP contribution < -0.4 is 10.2 Å². The minimum absolute atomic E-state index is 0.156. The fourth-order valence-electron chi connectivity index (χ4n) is 2.53. The second-order valence-electron chi connectivity index (χ2n) is 5.00. The van der Waals surface area contributed by atoms with Crippen LogP contribution in [0.15, 0.2) is 18.2 Å². The largest absolute Gasteiger partial charge is 0.388 e. The molecular weight excluding hydrogens is 242 g/mol. The summed E-state index contributed by atoms with van der Waals surface area (Å²) in [4.78, 5) is 12.9. The molecule has 1 aliphatic rings. The molecule has 0 spiro atoms. The Morgan fingerprint density at radius 3 is 2.32 bits per heavy atom. The quantitative estimate of drug-likeness (QED) is 0.670. The summed E-state index contributed by atoms with van der Waals surface area (Å²) in [6.45, 7) is 1.98. The van der Waals surface area contributed by atoms with Crippen LogP contribution in [0.1, 0.15) is 32.1 Å². The van der Waals surface area contributed by atoms with Gasteiger partial charge in [0.25, 0.3) is 5.69 Å². The Balaban J connectivity index is 2.25. The van der Waals surface area contributed by atoms with Gasteiger partial charge in [0, 0.05) is 43.6 Å².